The second-order valence-corrected chi connectivity index (χ2v) is 5.93. The maximum atomic E-state index is 12.1. The Hall–Kier alpha value is -2.54. The fraction of sp³-hybridized carbons (Fsp3) is 0.222. The van der Waals surface area contributed by atoms with Gasteiger partial charge in [-0.05, 0) is 40.2 Å². The van der Waals surface area contributed by atoms with Crippen LogP contribution in [0.5, 0.6) is 5.75 Å². The van der Waals surface area contributed by atoms with E-state index in [0.717, 1.165) is 5.56 Å². The first-order valence-corrected chi connectivity index (χ1v) is 8.25. The molecule has 132 valence electrons. The summed E-state index contributed by atoms with van der Waals surface area (Å²) in [4.78, 5) is 25.2. The van der Waals surface area contributed by atoms with Crippen LogP contribution in [0.25, 0.3) is 6.08 Å². The van der Waals surface area contributed by atoms with Crippen molar-refractivity contribution in [3.8, 4) is 5.75 Å². The Bertz CT molecular complexity index is 768. The van der Waals surface area contributed by atoms with Gasteiger partial charge in [0.25, 0.3) is 5.91 Å². The number of ether oxygens (including phenoxy) is 2. The number of likely N-dealkylation sites (N-methyl/N-ethyl adjacent to an activating group) is 1. The van der Waals surface area contributed by atoms with E-state index in [1.807, 2.05) is 24.3 Å². The molecule has 0 aliphatic rings. The zero-order chi connectivity index (χ0) is 18.2. The summed E-state index contributed by atoms with van der Waals surface area (Å²) >= 11 is 3.17. The number of para-hydroxylation sites is 1. The average molecular weight is 408 g/mol. The van der Waals surface area contributed by atoms with Gasteiger partial charge in [0, 0.05) is 25.2 Å². The maximum Gasteiger partial charge on any atom is 0.331 e. The second-order valence-electron chi connectivity index (χ2n) is 5.14. The number of hydrogen-bond donors (Lipinski definition) is 0. The molecule has 2 aromatic rings. The summed E-state index contributed by atoms with van der Waals surface area (Å²) in [5.41, 5.74) is 0.871. The number of nitrogens with zero attached hydrogens (tertiary/aromatic N) is 1. The highest BCUT2D eigenvalue weighted by Crippen LogP contribution is 2.18. The molecule has 1 amide bonds. The van der Waals surface area contributed by atoms with Crippen molar-refractivity contribution < 1.29 is 23.5 Å². The van der Waals surface area contributed by atoms with Crippen molar-refractivity contribution in [3.05, 3.63) is 58.5 Å². The number of halogens is 1. The Morgan fingerprint density at radius 2 is 2.00 bits per heavy atom. The van der Waals surface area contributed by atoms with Gasteiger partial charge in [0.15, 0.2) is 11.3 Å². The highest BCUT2D eigenvalue weighted by molar-refractivity contribution is 9.10. The Morgan fingerprint density at radius 3 is 2.68 bits per heavy atom. The van der Waals surface area contributed by atoms with Crippen LogP contribution in [-0.4, -0.2) is 37.5 Å². The number of esters is 1. The standard InChI is InChI=1S/C18H18BrNO5/c1-20(11-13-5-3-4-6-15(13)23-2)17(21)12-24-18(22)10-8-14-7-9-16(19)25-14/h3-10H,11-12H2,1-2H3/b10-8+. The molecule has 0 spiro atoms. The summed E-state index contributed by atoms with van der Waals surface area (Å²) in [6.07, 6.45) is 2.68. The van der Waals surface area contributed by atoms with Gasteiger partial charge in [0.05, 0.1) is 7.11 Å². The molecule has 0 radical (unpaired) electrons. The van der Waals surface area contributed by atoms with Crippen LogP contribution in [0.2, 0.25) is 0 Å². The molecule has 0 aliphatic carbocycles. The smallest absolute Gasteiger partial charge is 0.331 e. The van der Waals surface area contributed by atoms with E-state index in [0.29, 0.717) is 22.7 Å². The molecular weight excluding hydrogens is 390 g/mol. The normalized spacial score (nSPS) is 10.7. The second kappa shape index (κ2) is 9.08. The minimum atomic E-state index is -0.619. The quantitative estimate of drug-likeness (QED) is 0.520. The molecule has 6 nitrogen and oxygen atoms in total. The fourth-order valence-electron chi connectivity index (χ4n) is 2.04. The summed E-state index contributed by atoms with van der Waals surface area (Å²) in [5, 5.41) is 0. The summed E-state index contributed by atoms with van der Waals surface area (Å²) < 4.78 is 16.0. The SMILES string of the molecule is COc1ccccc1CN(C)C(=O)COC(=O)/C=C/c1ccc(Br)o1. The van der Waals surface area contributed by atoms with Gasteiger partial charge in [0.1, 0.15) is 11.5 Å². The van der Waals surface area contributed by atoms with Crippen LogP contribution in [0.3, 0.4) is 0 Å². The van der Waals surface area contributed by atoms with Crippen molar-refractivity contribution >= 4 is 33.9 Å². The molecule has 2 rings (SSSR count). The van der Waals surface area contributed by atoms with Gasteiger partial charge in [-0.3, -0.25) is 4.79 Å². The van der Waals surface area contributed by atoms with E-state index in [4.69, 9.17) is 13.9 Å². The van der Waals surface area contributed by atoms with E-state index in [2.05, 4.69) is 15.9 Å². The number of carbonyl (C=O) groups excluding carboxylic acids is 2. The fourth-order valence-corrected chi connectivity index (χ4v) is 2.36. The summed E-state index contributed by atoms with van der Waals surface area (Å²) in [6, 6.07) is 10.8. The van der Waals surface area contributed by atoms with Crippen molar-refractivity contribution in [2.24, 2.45) is 0 Å². The Kier molecular flexibility index (Phi) is 6.82. The Labute approximate surface area is 154 Å². The average Bonchev–Trinajstić information content (AvgIpc) is 3.03. The van der Waals surface area contributed by atoms with Crippen molar-refractivity contribution in [2.45, 2.75) is 6.54 Å². The lowest BCUT2D eigenvalue weighted by atomic mass is 10.2. The van der Waals surface area contributed by atoms with Gasteiger partial charge in [-0.2, -0.15) is 0 Å². The van der Waals surface area contributed by atoms with Gasteiger partial charge in [-0.15, -0.1) is 0 Å². The molecular formula is C18H18BrNO5. The molecule has 0 atom stereocenters. The molecule has 0 saturated carbocycles. The van der Waals surface area contributed by atoms with Crippen LogP contribution in [0.1, 0.15) is 11.3 Å². The number of amides is 1. The summed E-state index contributed by atoms with van der Waals surface area (Å²) in [5.74, 6) is 0.273. The molecule has 7 heteroatoms. The number of carbonyl (C=O) groups is 2. The molecule has 1 aromatic heterocycles. The minimum absolute atomic E-state index is 0.312. The number of rotatable bonds is 7. The van der Waals surface area contributed by atoms with Crippen molar-refractivity contribution in [1.29, 1.82) is 0 Å². The monoisotopic (exact) mass is 407 g/mol. The van der Waals surface area contributed by atoms with Crippen LogP contribution in [0.4, 0.5) is 0 Å². The van der Waals surface area contributed by atoms with Gasteiger partial charge in [0.2, 0.25) is 0 Å². The summed E-state index contributed by atoms with van der Waals surface area (Å²) in [6.45, 7) is 0.0212. The number of methoxy groups -OCH3 is 1. The van der Waals surface area contributed by atoms with E-state index in [-0.39, 0.29) is 12.5 Å². The molecule has 0 fully saturated rings. The third-order valence-corrected chi connectivity index (χ3v) is 3.77. The highest BCUT2D eigenvalue weighted by Gasteiger charge is 2.13. The number of hydrogen-bond acceptors (Lipinski definition) is 5. The highest BCUT2D eigenvalue weighted by atomic mass is 79.9. The third-order valence-electron chi connectivity index (χ3n) is 3.34. The lowest BCUT2D eigenvalue weighted by molar-refractivity contribution is -0.147. The lowest BCUT2D eigenvalue weighted by Gasteiger charge is -2.18. The Morgan fingerprint density at radius 1 is 1.24 bits per heavy atom. The van der Waals surface area contributed by atoms with Crippen molar-refractivity contribution in [2.75, 3.05) is 20.8 Å². The first-order valence-electron chi connectivity index (χ1n) is 7.45. The minimum Gasteiger partial charge on any atom is -0.496 e. The van der Waals surface area contributed by atoms with E-state index < -0.39 is 5.97 Å². The van der Waals surface area contributed by atoms with Crippen LogP contribution < -0.4 is 4.74 Å². The summed E-state index contributed by atoms with van der Waals surface area (Å²) in [7, 11) is 3.21. The molecule has 0 N–H and O–H groups in total. The Balaban J connectivity index is 1.82. The van der Waals surface area contributed by atoms with E-state index in [1.165, 1.54) is 17.1 Å². The lowest BCUT2D eigenvalue weighted by Crippen LogP contribution is -2.30. The predicted molar refractivity (Wildman–Crippen MR) is 95.9 cm³/mol. The number of benzene rings is 1. The molecule has 0 aliphatic heterocycles. The first-order chi connectivity index (χ1) is 12.0. The van der Waals surface area contributed by atoms with Crippen LogP contribution in [-0.2, 0) is 20.9 Å². The molecule has 0 saturated heterocycles. The molecule has 0 unspecified atom stereocenters. The maximum absolute atomic E-state index is 12.1. The van der Waals surface area contributed by atoms with E-state index >= 15 is 0 Å². The first kappa shape index (κ1) is 18.8. The third kappa shape index (κ3) is 5.79. The van der Waals surface area contributed by atoms with Crippen LogP contribution >= 0.6 is 15.9 Å². The molecule has 25 heavy (non-hydrogen) atoms. The van der Waals surface area contributed by atoms with E-state index in [1.54, 1.807) is 26.3 Å². The number of furan rings is 1. The predicted octanol–water partition coefficient (Wildman–Crippen LogP) is 3.27. The van der Waals surface area contributed by atoms with Crippen molar-refractivity contribution in [3.63, 3.8) is 0 Å². The van der Waals surface area contributed by atoms with Gasteiger partial charge in [-0.1, -0.05) is 18.2 Å². The van der Waals surface area contributed by atoms with Crippen LogP contribution in [0, 0.1) is 0 Å². The van der Waals surface area contributed by atoms with Gasteiger partial charge >= 0.3 is 5.97 Å². The van der Waals surface area contributed by atoms with Crippen LogP contribution in [0.15, 0.2) is 51.6 Å². The zero-order valence-corrected chi connectivity index (χ0v) is 15.5. The van der Waals surface area contributed by atoms with Gasteiger partial charge < -0.3 is 18.8 Å². The largest absolute Gasteiger partial charge is 0.496 e. The van der Waals surface area contributed by atoms with E-state index in [9.17, 15) is 9.59 Å². The molecule has 1 heterocycles. The molecule has 1 aromatic carbocycles. The zero-order valence-electron chi connectivity index (χ0n) is 13.9. The molecule has 0 bridgehead atoms. The van der Waals surface area contributed by atoms with Crippen molar-refractivity contribution in [1.82, 2.24) is 4.90 Å². The van der Waals surface area contributed by atoms with Gasteiger partial charge in [-0.25, -0.2) is 4.79 Å². The topological polar surface area (TPSA) is 69.0 Å².